The van der Waals surface area contributed by atoms with Crippen molar-refractivity contribution in [1.82, 2.24) is 15.0 Å². The fourth-order valence-electron chi connectivity index (χ4n) is 3.07. The van der Waals surface area contributed by atoms with E-state index in [4.69, 9.17) is 14.2 Å². The van der Waals surface area contributed by atoms with Gasteiger partial charge in [0.1, 0.15) is 17.4 Å². The Morgan fingerprint density at radius 2 is 1.97 bits per heavy atom. The molecule has 0 atom stereocenters. The molecule has 1 amide bonds. The first kappa shape index (κ1) is 22.3. The summed E-state index contributed by atoms with van der Waals surface area (Å²) in [5.41, 5.74) is 1.56. The van der Waals surface area contributed by atoms with E-state index < -0.39 is 9.84 Å². The van der Waals surface area contributed by atoms with E-state index in [1.807, 2.05) is 0 Å². The van der Waals surface area contributed by atoms with Crippen LogP contribution in [0.4, 0.5) is 17.3 Å². The quantitative estimate of drug-likeness (QED) is 0.528. The van der Waals surface area contributed by atoms with E-state index in [-0.39, 0.29) is 23.5 Å². The molecule has 0 unspecified atom stereocenters. The molecule has 172 valence electrons. The number of rotatable bonds is 7. The van der Waals surface area contributed by atoms with Crippen molar-refractivity contribution in [3.63, 3.8) is 0 Å². The lowest BCUT2D eigenvalue weighted by molar-refractivity contribution is -0.114. The number of amides is 1. The highest BCUT2D eigenvalue weighted by molar-refractivity contribution is 7.90. The minimum Gasteiger partial charge on any atom is -0.494 e. The van der Waals surface area contributed by atoms with Gasteiger partial charge < -0.3 is 24.8 Å². The molecular formula is C21H21N5O6S. The average molecular weight is 471 g/mol. The Morgan fingerprint density at radius 3 is 2.70 bits per heavy atom. The Bertz CT molecular complexity index is 1330. The van der Waals surface area contributed by atoms with E-state index in [0.29, 0.717) is 46.7 Å². The van der Waals surface area contributed by atoms with E-state index in [9.17, 15) is 13.2 Å². The van der Waals surface area contributed by atoms with Crippen LogP contribution in [-0.2, 0) is 14.6 Å². The second-order valence-electron chi connectivity index (χ2n) is 7.06. The number of hydrogen-bond donors (Lipinski definition) is 2. The van der Waals surface area contributed by atoms with E-state index >= 15 is 0 Å². The SMILES string of the molecule is CCOc1cc(Nc2cc(NC(C)=O)ncc2-c2ccc3c(n2)OCO3)nc(S(C)(=O)=O)c1. The fourth-order valence-corrected chi connectivity index (χ4v) is 3.67. The van der Waals surface area contributed by atoms with Gasteiger partial charge in [-0.15, -0.1) is 0 Å². The standard InChI is InChI=1S/C21H21N5O6S/c1-4-30-13-7-19(26-20(8-13)33(3,28)29)24-16-9-18(23-12(2)27)22-10-14(16)15-5-6-17-21(25-15)32-11-31-17/h5-10H,4,11H2,1-3H3,(H2,22,23,24,26,27). The third-order valence-electron chi connectivity index (χ3n) is 4.45. The number of ether oxygens (including phenoxy) is 3. The summed E-state index contributed by atoms with van der Waals surface area (Å²) in [6, 6.07) is 8.00. The highest BCUT2D eigenvalue weighted by Crippen LogP contribution is 2.36. The predicted molar refractivity (Wildman–Crippen MR) is 120 cm³/mol. The van der Waals surface area contributed by atoms with Crippen LogP contribution in [0, 0.1) is 0 Å². The van der Waals surface area contributed by atoms with Gasteiger partial charge >= 0.3 is 0 Å². The molecule has 12 heteroatoms. The van der Waals surface area contributed by atoms with Crippen molar-refractivity contribution < 1.29 is 27.4 Å². The van der Waals surface area contributed by atoms with Crippen LogP contribution in [-0.4, -0.2) is 48.9 Å². The highest BCUT2D eigenvalue weighted by Gasteiger charge is 2.19. The molecule has 0 saturated heterocycles. The Balaban J connectivity index is 1.80. The summed E-state index contributed by atoms with van der Waals surface area (Å²) >= 11 is 0. The van der Waals surface area contributed by atoms with Gasteiger partial charge in [0, 0.05) is 43.1 Å². The van der Waals surface area contributed by atoms with Crippen molar-refractivity contribution in [3.05, 3.63) is 36.5 Å². The molecule has 3 aromatic rings. The maximum absolute atomic E-state index is 12.1. The Morgan fingerprint density at radius 1 is 1.15 bits per heavy atom. The molecule has 4 heterocycles. The number of pyridine rings is 3. The molecule has 0 aromatic carbocycles. The Kier molecular flexibility index (Phi) is 6.01. The van der Waals surface area contributed by atoms with Crippen molar-refractivity contribution in [1.29, 1.82) is 0 Å². The summed E-state index contributed by atoms with van der Waals surface area (Å²) in [5.74, 6) is 1.44. The topological polar surface area (TPSA) is 142 Å². The van der Waals surface area contributed by atoms with Crippen LogP contribution in [0.25, 0.3) is 11.3 Å². The normalized spacial score (nSPS) is 12.3. The number of fused-ring (bicyclic) bond motifs is 1. The van der Waals surface area contributed by atoms with Gasteiger partial charge in [-0.25, -0.2) is 23.4 Å². The van der Waals surface area contributed by atoms with Crippen LogP contribution >= 0.6 is 0 Å². The van der Waals surface area contributed by atoms with Gasteiger partial charge in [-0.2, -0.15) is 0 Å². The zero-order chi connectivity index (χ0) is 23.6. The van der Waals surface area contributed by atoms with Gasteiger partial charge in [0.05, 0.1) is 18.0 Å². The number of nitrogens with zero attached hydrogens (tertiary/aromatic N) is 3. The molecule has 1 aliphatic rings. The molecule has 0 radical (unpaired) electrons. The molecule has 33 heavy (non-hydrogen) atoms. The van der Waals surface area contributed by atoms with Crippen LogP contribution in [0.1, 0.15) is 13.8 Å². The molecule has 0 aliphatic carbocycles. The number of sulfone groups is 1. The minimum absolute atomic E-state index is 0.0824. The summed E-state index contributed by atoms with van der Waals surface area (Å²) in [6.45, 7) is 3.59. The molecule has 11 nitrogen and oxygen atoms in total. The van der Waals surface area contributed by atoms with Crippen LogP contribution in [0.2, 0.25) is 0 Å². The molecule has 0 bridgehead atoms. The smallest absolute Gasteiger partial charge is 0.260 e. The number of anilines is 3. The lowest BCUT2D eigenvalue weighted by Gasteiger charge is -2.15. The van der Waals surface area contributed by atoms with Gasteiger partial charge in [-0.3, -0.25) is 4.79 Å². The number of nitrogens with one attached hydrogen (secondary N) is 2. The van der Waals surface area contributed by atoms with Crippen molar-refractivity contribution >= 4 is 33.1 Å². The summed E-state index contributed by atoms with van der Waals surface area (Å²) in [4.78, 5) is 24.5. The lowest BCUT2D eigenvalue weighted by Crippen LogP contribution is -2.09. The molecule has 0 fully saturated rings. The van der Waals surface area contributed by atoms with Gasteiger partial charge in [0.2, 0.25) is 12.7 Å². The molecule has 0 saturated carbocycles. The van der Waals surface area contributed by atoms with Gasteiger partial charge in [-0.05, 0) is 19.1 Å². The number of carbonyl (C=O) groups is 1. The van der Waals surface area contributed by atoms with Crippen molar-refractivity contribution in [2.24, 2.45) is 0 Å². The Hall–Kier alpha value is -3.93. The van der Waals surface area contributed by atoms with E-state index in [0.717, 1.165) is 6.26 Å². The number of carbonyl (C=O) groups excluding carboxylic acids is 1. The molecule has 2 N–H and O–H groups in total. The van der Waals surface area contributed by atoms with Crippen LogP contribution in [0.15, 0.2) is 41.6 Å². The van der Waals surface area contributed by atoms with E-state index in [2.05, 4.69) is 25.6 Å². The van der Waals surface area contributed by atoms with Crippen molar-refractivity contribution in [2.75, 3.05) is 30.3 Å². The largest absolute Gasteiger partial charge is 0.494 e. The summed E-state index contributed by atoms with van der Waals surface area (Å²) in [7, 11) is -3.59. The van der Waals surface area contributed by atoms with Crippen LogP contribution in [0.3, 0.4) is 0 Å². The third-order valence-corrected chi connectivity index (χ3v) is 5.42. The Labute approximate surface area is 190 Å². The monoisotopic (exact) mass is 471 g/mol. The molecule has 1 aliphatic heterocycles. The van der Waals surface area contributed by atoms with Crippen molar-refractivity contribution in [2.45, 2.75) is 18.9 Å². The molecule has 3 aromatic heterocycles. The maximum Gasteiger partial charge on any atom is 0.260 e. The molecule has 0 spiro atoms. The first-order valence-electron chi connectivity index (χ1n) is 9.89. The van der Waals surface area contributed by atoms with E-state index in [1.54, 1.807) is 31.2 Å². The van der Waals surface area contributed by atoms with Crippen LogP contribution < -0.4 is 24.8 Å². The highest BCUT2D eigenvalue weighted by atomic mass is 32.2. The maximum atomic E-state index is 12.1. The summed E-state index contributed by atoms with van der Waals surface area (Å²) in [6.07, 6.45) is 2.60. The fraction of sp³-hybridized carbons (Fsp3) is 0.238. The predicted octanol–water partition coefficient (Wildman–Crippen LogP) is 2.77. The number of hydrogen-bond acceptors (Lipinski definition) is 10. The third kappa shape index (κ3) is 5.12. The van der Waals surface area contributed by atoms with Gasteiger partial charge in [-0.1, -0.05) is 0 Å². The number of aromatic nitrogens is 3. The minimum atomic E-state index is -3.59. The molecule has 4 rings (SSSR count). The molecular weight excluding hydrogens is 450 g/mol. The summed E-state index contributed by atoms with van der Waals surface area (Å²) < 4.78 is 40.4. The van der Waals surface area contributed by atoms with E-state index in [1.165, 1.54) is 19.2 Å². The lowest BCUT2D eigenvalue weighted by atomic mass is 10.1. The summed E-state index contributed by atoms with van der Waals surface area (Å²) in [5, 5.41) is 5.58. The van der Waals surface area contributed by atoms with Crippen molar-refractivity contribution in [3.8, 4) is 28.6 Å². The van der Waals surface area contributed by atoms with Crippen LogP contribution in [0.5, 0.6) is 17.4 Å². The zero-order valence-corrected chi connectivity index (χ0v) is 18.9. The second-order valence-corrected chi connectivity index (χ2v) is 9.02. The second kappa shape index (κ2) is 8.90. The van der Waals surface area contributed by atoms with Gasteiger partial charge in [0.25, 0.3) is 5.88 Å². The first-order valence-corrected chi connectivity index (χ1v) is 11.8. The van der Waals surface area contributed by atoms with Gasteiger partial charge in [0.15, 0.2) is 20.6 Å². The average Bonchev–Trinajstić information content (AvgIpc) is 3.21. The first-order chi connectivity index (χ1) is 15.7. The zero-order valence-electron chi connectivity index (χ0n) is 18.1.